The third-order valence-electron chi connectivity index (χ3n) is 4.97. The van der Waals surface area contributed by atoms with Crippen LogP contribution in [0.5, 0.6) is 11.5 Å². The largest absolute Gasteiger partial charge is 0.486 e. The molecule has 0 spiro atoms. The fraction of sp³-hybridized carbons (Fsp3) is 0.381. The molecular weight excluding hydrogens is 342 g/mol. The topological polar surface area (TPSA) is 62.8 Å². The van der Waals surface area contributed by atoms with Crippen molar-refractivity contribution in [2.75, 3.05) is 31.6 Å². The van der Waals surface area contributed by atoms with E-state index in [1.54, 1.807) is 6.07 Å². The lowest BCUT2D eigenvalue weighted by molar-refractivity contribution is 0.171. The van der Waals surface area contributed by atoms with Gasteiger partial charge in [0.25, 0.3) is 0 Å². The molecule has 0 atom stereocenters. The summed E-state index contributed by atoms with van der Waals surface area (Å²) in [5.41, 5.74) is 2.04. The second-order valence-corrected chi connectivity index (χ2v) is 6.99. The van der Waals surface area contributed by atoms with Gasteiger partial charge in [-0.05, 0) is 30.5 Å². The quantitative estimate of drug-likeness (QED) is 0.871. The lowest BCUT2D eigenvalue weighted by atomic mass is 10.0. The minimum Gasteiger partial charge on any atom is -0.486 e. The number of carbonyl (C=O) groups excluding carboxylic acids is 1. The summed E-state index contributed by atoms with van der Waals surface area (Å²) < 4.78 is 11.1. The van der Waals surface area contributed by atoms with E-state index in [-0.39, 0.29) is 12.1 Å². The number of fused-ring (bicyclic) bond motifs is 1. The summed E-state index contributed by atoms with van der Waals surface area (Å²) in [6, 6.07) is 16.0. The van der Waals surface area contributed by atoms with Gasteiger partial charge in [-0.2, -0.15) is 0 Å². The minimum atomic E-state index is -0.173. The zero-order valence-electron chi connectivity index (χ0n) is 15.3. The van der Waals surface area contributed by atoms with Crippen LogP contribution >= 0.6 is 0 Å². The average Bonchev–Trinajstić information content (AvgIpc) is 2.70. The van der Waals surface area contributed by atoms with Crippen LogP contribution in [0.25, 0.3) is 0 Å². The van der Waals surface area contributed by atoms with Crippen LogP contribution in [0, 0.1) is 0 Å². The number of urea groups is 1. The van der Waals surface area contributed by atoms with Crippen LogP contribution in [0.4, 0.5) is 10.5 Å². The van der Waals surface area contributed by atoms with Gasteiger partial charge in [-0.1, -0.05) is 30.3 Å². The van der Waals surface area contributed by atoms with E-state index in [0.29, 0.717) is 24.7 Å². The molecule has 4 rings (SSSR count). The van der Waals surface area contributed by atoms with Crippen LogP contribution in [0.2, 0.25) is 0 Å². The van der Waals surface area contributed by atoms with Crippen LogP contribution in [-0.4, -0.2) is 43.3 Å². The Morgan fingerprint density at radius 3 is 2.52 bits per heavy atom. The summed E-state index contributed by atoms with van der Waals surface area (Å²) in [5, 5.41) is 5.97. The van der Waals surface area contributed by atoms with E-state index >= 15 is 0 Å². The number of nitrogens with zero attached hydrogens (tertiary/aromatic N) is 1. The minimum absolute atomic E-state index is 0.173. The van der Waals surface area contributed by atoms with Crippen LogP contribution < -0.4 is 20.1 Å². The second kappa shape index (κ2) is 8.31. The molecule has 0 aromatic heterocycles. The van der Waals surface area contributed by atoms with Crippen LogP contribution in [0.3, 0.4) is 0 Å². The van der Waals surface area contributed by atoms with Gasteiger partial charge in [-0.25, -0.2) is 4.79 Å². The lowest BCUT2D eigenvalue weighted by Crippen LogP contribution is -2.45. The summed E-state index contributed by atoms with van der Waals surface area (Å²) in [6.45, 7) is 4.04. The molecule has 2 heterocycles. The Morgan fingerprint density at radius 1 is 1.00 bits per heavy atom. The van der Waals surface area contributed by atoms with Gasteiger partial charge in [0.2, 0.25) is 0 Å². The number of carbonyl (C=O) groups is 1. The van der Waals surface area contributed by atoms with E-state index in [9.17, 15) is 4.79 Å². The first-order valence-electron chi connectivity index (χ1n) is 9.50. The molecule has 0 unspecified atom stereocenters. The number of rotatable bonds is 4. The molecule has 0 aliphatic carbocycles. The third kappa shape index (κ3) is 4.71. The van der Waals surface area contributed by atoms with Crippen molar-refractivity contribution in [3.05, 3.63) is 54.1 Å². The Morgan fingerprint density at radius 2 is 1.74 bits per heavy atom. The highest BCUT2D eigenvalue weighted by molar-refractivity contribution is 5.89. The molecule has 1 fully saturated rings. The molecule has 2 aliphatic heterocycles. The van der Waals surface area contributed by atoms with Crippen molar-refractivity contribution < 1.29 is 14.3 Å². The number of hydrogen-bond acceptors (Lipinski definition) is 4. The van der Waals surface area contributed by atoms with Crippen molar-refractivity contribution in [1.82, 2.24) is 10.2 Å². The summed E-state index contributed by atoms with van der Waals surface area (Å²) >= 11 is 0. The van der Waals surface area contributed by atoms with Gasteiger partial charge in [0.05, 0.1) is 0 Å². The van der Waals surface area contributed by atoms with E-state index < -0.39 is 0 Å². The second-order valence-electron chi connectivity index (χ2n) is 6.99. The highest BCUT2D eigenvalue weighted by Gasteiger charge is 2.21. The van der Waals surface area contributed by atoms with E-state index in [1.165, 1.54) is 5.56 Å². The average molecular weight is 367 g/mol. The summed E-state index contributed by atoms with van der Waals surface area (Å²) in [7, 11) is 0. The number of benzene rings is 2. The van der Waals surface area contributed by atoms with Crippen molar-refractivity contribution in [3.8, 4) is 11.5 Å². The Kier molecular flexibility index (Phi) is 5.44. The molecule has 6 nitrogen and oxygen atoms in total. The predicted octanol–water partition coefficient (Wildman–Crippen LogP) is 3.24. The van der Waals surface area contributed by atoms with Gasteiger partial charge < -0.3 is 20.1 Å². The fourth-order valence-electron chi connectivity index (χ4n) is 3.55. The Labute approximate surface area is 159 Å². The smallest absolute Gasteiger partial charge is 0.319 e. The van der Waals surface area contributed by atoms with E-state index in [0.717, 1.165) is 38.2 Å². The SMILES string of the molecule is O=C(Nc1ccc2c(c1)OCCO2)NC1CCN(Cc2ccccc2)CC1. The molecule has 2 aromatic carbocycles. The summed E-state index contributed by atoms with van der Waals surface area (Å²) in [4.78, 5) is 14.8. The molecule has 0 saturated carbocycles. The maximum absolute atomic E-state index is 12.3. The molecule has 2 amide bonds. The molecule has 0 radical (unpaired) electrons. The number of piperidine rings is 1. The number of amides is 2. The monoisotopic (exact) mass is 367 g/mol. The van der Waals surface area contributed by atoms with Crippen molar-refractivity contribution in [2.45, 2.75) is 25.4 Å². The maximum Gasteiger partial charge on any atom is 0.319 e. The summed E-state index contributed by atoms with van der Waals surface area (Å²) in [5.74, 6) is 1.39. The predicted molar refractivity (Wildman–Crippen MR) is 104 cm³/mol. The van der Waals surface area contributed by atoms with Crippen molar-refractivity contribution in [1.29, 1.82) is 0 Å². The number of ether oxygens (including phenoxy) is 2. The first kappa shape index (κ1) is 17.7. The highest BCUT2D eigenvalue weighted by Crippen LogP contribution is 2.32. The highest BCUT2D eigenvalue weighted by atomic mass is 16.6. The lowest BCUT2D eigenvalue weighted by Gasteiger charge is -2.32. The molecule has 142 valence electrons. The molecule has 27 heavy (non-hydrogen) atoms. The normalized spacial score (nSPS) is 17.3. The first-order chi connectivity index (χ1) is 13.3. The van der Waals surface area contributed by atoms with Crippen molar-refractivity contribution in [2.24, 2.45) is 0 Å². The molecule has 6 heteroatoms. The van der Waals surface area contributed by atoms with Crippen LogP contribution in [0.15, 0.2) is 48.5 Å². The number of nitrogens with one attached hydrogen (secondary N) is 2. The molecule has 2 aromatic rings. The Bertz CT molecular complexity index is 773. The zero-order chi connectivity index (χ0) is 18.5. The van der Waals surface area contributed by atoms with Crippen molar-refractivity contribution >= 4 is 11.7 Å². The fourth-order valence-corrected chi connectivity index (χ4v) is 3.55. The van der Waals surface area contributed by atoms with Gasteiger partial charge in [0.15, 0.2) is 11.5 Å². The molecule has 1 saturated heterocycles. The standard InChI is InChI=1S/C21H25N3O3/c25-21(23-18-6-7-19-20(14-18)27-13-12-26-19)22-17-8-10-24(11-9-17)15-16-4-2-1-3-5-16/h1-7,14,17H,8-13,15H2,(H2,22,23,25). The molecule has 2 aliphatic rings. The van der Waals surface area contributed by atoms with Gasteiger partial charge >= 0.3 is 6.03 Å². The number of likely N-dealkylation sites (tertiary alicyclic amines) is 1. The number of anilines is 1. The van der Waals surface area contributed by atoms with Crippen LogP contribution in [0.1, 0.15) is 18.4 Å². The van der Waals surface area contributed by atoms with E-state index in [2.05, 4.69) is 39.8 Å². The van der Waals surface area contributed by atoms with E-state index in [4.69, 9.17) is 9.47 Å². The molecule has 0 bridgehead atoms. The maximum atomic E-state index is 12.3. The molecule has 2 N–H and O–H groups in total. The van der Waals surface area contributed by atoms with Gasteiger partial charge in [0.1, 0.15) is 13.2 Å². The zero-order valence-corrected chi connectivity index (χ0v) is 15.3. The number of hydrogen-bond donors (Lipinski definition) is 2. The first-order valence-corrected chi connectivity index (χ1v) is 9.50. The summed E-state index contributed by atoms with van der Waals surface area (Å²) in [6.07, 6.45) is 1.92. The van der Waals surface area contributed by atoms with Gasteiger partial charge in [-0.3, -0.25) is 4.90 Å². The Balaban J connectivity index is 1.24. The Hall–Kier alpha value is -2.73. The van der Waals surface area contributed by atoms with Crippen LogP contribution in [-0.2, 0) is 6.54 Å². The molecular formula is C21H25N3O3. The van der Waals surface area contributed by atoms with Gasteiger partial charge in [0, 0.05) is 37.4 Å². The van der Waals surface area contributed by atoms with Gasteiger partial charge in [-0.15, -0.1) is 0 Å². The van der Waals surface area contributed by atoms with Crippen molar-refractivity contribution in [3.63, 3.8) is 0 Å². The van der Waals surface area contributed by atoms with E-state index in [1.807, 2.05) is 18.2 Å². The third-order valence-corrected chi connectivity index (χ3v) is 4.97.